The highest BCUT2D eigenvalue weighted by Gasteiger charge is 2.29. The van der Waals surface area contributed by atoms with Crippen molar-refractivity contribution in [1.82, 2.24) is 9.03 Å². The molecular weight excluding hydrogens is 260 g/mol. The van der Waals surface area contributed by atoms with E-state index in [0.29, 0.717) is 6.54 Å². The molecule has 1 fully saturated rings. The maximum absolute atomic E-state index is 11.9. The SMILES string of the molecule is CC1CCCCN1S(=O)(=O)NCC[C@H](O)C(=O)O. The lowest BCUT2D eigenvalue weighted by atomic mass is 10.1. The zero-order valence-corrected chi connectivity index (χ0v) is 11.2. The van der Waals surface area contributed by atoms with E-state index in [-0.39, 0.29) is 19.0 Å². The van der Waals surface area contributed by atoms with Gasteiger partial charge in [0.05, 0.1) is 0 Å². The predicted octanol–water partition coefficient (Wildman–Crippen LogP) is -0.469. The van der Waals surface area contributed by atoms with Crippen molar-refractivity contribution in [2.45, 2.75) is 44.8 Å². The van der Waals surface area contributed by atoms with Gasteiger partial charge >= 0.3 is 5.97 Å². The van der Waals surface area contributed by atoms with Gasteiger partial charge in [-0.3, -0.25) is 0 Å². The molecule has 1 heterocycles. The number of rotatable bonds is 6. The molecule has 8 heteroatoms. The van der Waals surface area contributed by atoms with Gasteiger partial charge in [0, 0.05) is 19.1 Å². The molecule has 0 aliphatic carbocycles. The molecule has 106 valence electrons. The van der Waals surface area contributed by atoms with Gasteiger partial charge in [-0.2, -0.15) is 12.7 Å². The molecule has 0 aromatic rings. The minimum absolute atomic E-state index is 0.0411. The number of hydrogen-bond acceptors (Lipinski definition) is 4. The maximum Gasteiger partial charge on any atom is 0.332 e. The minimum atomic E-state index is -3.57. The Morgan fingerprint density at radius 2 is 2.17 bits per heavy atom. The van der Waals surface area contributed by atoms with Crippen molar-refractivity contribution in [3.8, 4) is 0 Å². The normalized spacial score (nSPS) is 23.8. The van der Waals surface area contributed by atoms with Crippen LogP contribution in [0.2, 0.25) is 0 Å². The van der Waals surface area contributed by atoms with Crippen LogP contribution in [0, 0.1) is 0 Å². The third kappa shape index (κ3) is 4.20. The number of hydrogen-bond donors (Lipinski definition) is 3. The molecule has 0 radical (unpaired) electrons. The summed E-state index contributed by atoms with van der Waals surface area (Å²) >= 11 is 0. The Hall–Kier alpha value is -0.700. The molecule has 0 spiro atoms. The lowest BCUT2D eigenvalue weighted by Crippen LogP contribution is -2.48. The monoisotopic (exact) mass is 280 g/mol. The molecule has 1 saturated heterocycles. The van der Waals surface area contributed by atoms with E-state index in [1.165, 1.54) is 4.31 Å². The van der Waals surface area contributed by atoms with Crippen LogP contribution in [-0.4, -0.2) is 54.1 Å². The average molecular weight is 280 g/mol. The van der Waals surface area contributed by atoms with Gasteiger partial charge in [-0.1, -0.05) is 6.42 Å². The van der Waals surface area contributed by atoms with Crippen LogP contribution in [0.5, 0.6) is 0 Å². The molecule has 0 amide bonds. The topological polar surface area (TPSA) is 107 Å². The highest BCUT2D eigenvalue weighted by atomic mass is 32.2. The summed E-state index contributed by atoms with van der Waals surface area (Å²) in [6.07, 6.45) is 1.01. The molecule has 1 unspecified atom stereocenters. The molecule has 0 aromatic heterocycles. The van der Waals surface area contributed by atoms with Gasteiger partial charge in [-0.05, 0) is 26.2 Å². The smallest absolute Gasteiger partial charge is 0.332 e. The van der Waals surface area contributed by atoms with Gasteiger partial charge < -0.3 is 10.2 Å². The second-order valence-corrected chi connectivity index (χ2v) is 6.21. The number of carbonyl (C=O) groups is 1. The van der Waals surface area contributed by atoms with Gasteiger partial charge in [0.2, 0.25) is 0 Å². The van der Waals surface area contributed by atoms with E-state index in [9.17, 15) is 13.2 Å². The largest absolute Gasteiger partial charge is 0.479 e. The summed E-state index contributed by atoms with van der Waals surface area (Å²) in [5.41, 5.74) is 0. The van der Waals surface area contributed by atoms with Crippen molar-refractivity contribution in [3.05, 3.63) is 0 Å². The van der Waals surface area contributed by atoms with E-state index in [1.54, 1.807) is 0 Å². The van der Waals surface area contributed by atoms with Gasteiger partial charge in [-0.15, -0.1) is 0 Å². The van der Waals surface area contributed by atoms with Crippen LogP contribution in [0.3, 0.4) is 0 Å². The number of aliphatic hydroxyl groups excluding tert-OH is 1. The Balaban J connectivity index is 2.46. The highest BCUT2D eigenvalue weighted by Crippen LogP contribution is 2.18. The van der Waals surface area contributed by atoms with Crippen LogP contribution in [0.4, 0.5) is 0 Å². The van der Waals surface area contributed by atoms with E-state index in [1.807, 2.05) is 6.92 Å². The van der Waals surface area contributed by atoms with Gasteiger partial charge in [0.25, 0.3) is 10.2 Å². The Morgan fingerprint density at radius 3 is 2.72 bits per heavy atom. The first-order chi connectivity index (χ1) is 8.34. The minimum Gasteiger partial charge on any atom is -0.479 e. The van der Waals surface area contributed by atoms with Crippen LogP contribution >= 0.6 is 0 Å². The van der Waals surface area contributed by atoms with Crippen molar-refractivity contribution in [2.24, 2.45) is 0 Å². The fraction of sp³-hybridized carbons (Fsp3) is 0.900. The molecule has 0 aromatic carbocycles. The Morgan fingerprint density at radius 1 is 1.50 bits per heavy atom. The fourth-order valence-corrected chi connectivity index (χ4v) is 3.45. The zero-order valence-electron chi connectivity index (χ0n) is 10.4. The van der Waals surface area contributed by atoms with Crippen molar-refractivity contribution in [2.75, 3.05) is 13.1 Å². The van der Waals surface area contributed by atoms with Crippen LogP contribution in [0.1, 0.15) is 32.6 Å². The Kier molecular flexibility index (Phi) is 5.51. The van der Waals surface area contributed by atoms with E-state index in [2.05, 4.69) is 4.72 Å². The molecule has 1 aliphatic heterocycles. The number of nitrogens with one attached hydrogen (secondary N) is 1. The summed E-state index contributed by atoms with van der Waals surface area (Å²) in [7, 11) is -3.57. The summed E-state index contributed by atoms with van der Waals surface area (Å²) in [5, 5.41) is 17.5. The molecular formula is C10H20N2O5S. The molecule has 0 bridgehead atoms. The second kappa shape index (κ2) is 6.46. The summed E-state index contributed by atoms with van der Waals surface area (Å²) in [6.45, 7) is 2.25. The van der Waals surface area contributed by atoms with Gasteiger partial charge in [0.15, 0.2) is 6.10 Å². The van der Waals surface area contributed by atoms with Crippen molar-refractivity contribution < 1.29 is 23.4 Å². The first-order valence-electron chi connectivity index (χ1n) is 6.02. The molecule has 7 nitrogen and oxygen atoms in total. The van der Waals surface area contributed by atoms with Crippen LogP contribution in [0.15, 0.2) is 0 Å². The van der Waals surface area contributed by atoms with E-state index in [4.69, 9.17) is 10.2 Å². The first-order valence-corrected chi connectivity index (χ1v) is 7.46. The van der Waals surface area contributed by atoms with Crippen LogP contribution < -0.4 is 4.72 Å². The molecule has 18 heavy (non-hydrogen) atoms. The van der Waals surface area contributed by atoms with Crippen LogP contribution in [-0.2, 0) is 15.0 Å². The molecule has 0 saturated carbocycles. The molecule has 1 rings (SSSR count). The predicted molar refractivity (Wildman–Crippen MR) is 65.2 cm³/mol. The average Bonchev–Trinajstić information content (AvgIpc) is 2.28. The van der Waals surface area contributed by atoms with E-state index in [0.717, 1.165) is 19.3 Å². The lowest BCUT2D eigenvalue weighted by molar-refractivity contribution is -0.146. The maximum atomic E-state index is 11.9. The van der Waals surface area contributed by atoms with E-state index < -0.39 is 22.3 Å². The number of carboxylic acids is 1. The third-order valence-electron chi connectivity index (χ3n) is 3.04. The quantitative estimate of drug-likeness (QED) is 0.610. The molecule has 3 N–H and O–H groups in total. The van der Waals surface area contributed by atoms with Crippen molar-refractivity contribution in [1.29, 1.82) is 0 Å². The summed E-state index contributed by atoms with van der Waals surface area (Å²) < 4.78 is 27.6. The number of nitrogens with zero attached hydrogens (tertiary/aromatic N) is 1. The number of aliphatic hydroxyl groups is 1. The number of carboxylic acid groups (broad SMARTS) is 1. The standard InChI is InChI=1S/C10H20N2O5S/c1-8-4-2-3-7-12(8)18(16,17)11-6-5-9(13)10(14)15/h8-9,11,13H,2-7H2,1H3,(H,14,15)/t8?,9-/m0/s1. The van der Waals surface area contributed by atoms with E-state index >= 15 is 0 Å². The summed E-state index contributed by atoms with van der Waals surface area (Å²) in [4.78, 5) is 10.4. The van der Waals surface area contributed by atoms with Crippen molar-refractivity contribution in [3.63, 3.8) is 0 Å². The number of aliphatic carboxylic acids is 1. The highest BCUT2D eigenvalue weighted by molar-refractivity contribution is 7.87. The van der Waals surface area contributed by atoms with Crippen molar-refractivity contribution >= 4 is 16.2 Å². The number of piperidine rings is 1. The lowest BCUT2D eigenvalue weighted by Gasteiger charge is -2.32. The zero-order chi connectivity index (χ0) is 13.8. The molecule has 1 aliphatic rings. The Bertz CT molecular complexity index is 384. The Labute approximate surface area is 107 Å². The molecule has 2 atom stereocenters. The summed E-state index contributed by atoms with van der Waals surface area (Å²) in [5.74, 6) is -1.35. The van der Waals surface area contributed by atoms with Crippen LogP contribution in [0.25, 0.3) is 0 Å². The van der Waals surface area contributed by atoms with Gasteiger partial charge in [0.1, 0.15) is 0 Å². The fourth-order valence-electron chi connectivity index (χ4n) is 1.96. The summed E-state index contributed by atoms with van der Waals surface area (Å²) in [6, 6.07) is -0.0411. The first kappa shape index (κ1) is 15.4. The van der Waals surface area contributed by atoms with Gasteiger partial charge in [-0.25, -0.2) is 9.52 Å². The third-order valence-corrected chi connectivity index (χ3v) is 4.77. The second-order valence-electron chi connectivity index (χ2n) is 4.50.